The molecule has 0 aromatic rings. The van der Waals surface area contributed by atoms with Gasteiger partial charge in [0.25, 0.3) is 0 Å². The smallest absolute Gasteiger partial charge is 0.313 e. The molecule has 0 aliphatic heterocycles. The lowest BCUT2D eigenvalue weighted by molar-refractivity contribution is 0.0506. The van der Waals surface area contributed by atoms with Crippen molar-refractivity contribution in [3.8, 4) is 0 Å². The van der Waals surface area contributed by atoms with Crippen LogP contribution in [0.5, 0.6) is 0 Å². The van der Waals surface area contributed by atoms with E-state index in [-0.39, 0.29) is 29.2 Å². The van der Waals surface area contributed by atoms with Crippen LogP contribution in [0.2, 0.25) is 0 Å². The fourth-order valence-electron chi connectivity index (χ4n) is 8.25. The predicted octanol–water partition coefficient (Wildman–Crippen LogP) is 7.91. The molecule has 12 heteroatoms. The number of isocyanates is 2. The molecular formula is C32H54N4O7P+. The maximum atomic E-state index is 13.0. The molecule has 2 aliphatic rings. The van der Waals surface area contributed by atoms with Gasteiger partial charge in [-0.2, -0.15) is 14.0 Å². The van der Waals surface area contributed by atoms with Gasteiger partial charge in [0, 0.05) is 15.6 Å². The third-order valence-electron chi connectivity index (χ3n) is 10.7. The Morgan fingerprint density at radius 3 is 2.27 bits per heavy atom. The monoisotopic (exact) mass is 637 g/mol. The van der Waals surface area contributed by atoms with E-state index in [4.69, 9.17) is 9.05 Å². The van der Waals surface area contributed by atoms with E-state index in [0.717, 1.165) is 44.9 Å². The largest absolute Gasteiger partial charge is 0.815 e. The zero-order valence-corrected chi connectivity index (χ0v) is 29.1. The molecular weight excluding hydrogens is 583 g/mol. The molecule has 0 bridgehead atoms. The van der Waals surface area contributed by atoms with Gasteiger partial charge in [0.15, 0.2) is 0 Å². The van der Waals surface area contributed by atoms with E-state index >= 15 is 0 Å². The zero-order chi connectivity index (χ0) is 33.3. The third kappa shape index (κ3) is 10.2. The van der Waals surface area contributed by atoms with E-state index in [1.807, 2.05) is 34.6 Å². The van der Waals surface area contributed by atoms with Crippen LogP contribution in [0.15, 0.2) is 9.98 Å². The highest BCUT2D eigenvalue weighted by Crippen LogP contribution is 2.48. The molecule has 0 spiro atoms. The quantitative estimate of drug-likeness (QED) is 0.148. The zero-order valence-electron chi connectivity index (χ0n) is 28.2. The van der Waals surface area contributed by atoms with Crippen molar-refractivity contribution in [2.75, 3.05) is 0 Å². The Bertz CT molecular complexity index is 1140. The van der Waals surface area contributed by atoms with Gasteiger partial charge in [-0.05, 0) is 115 Å². The minimum Gasteiger partial charge on any atom is -0.313 e. The van der Waals surface area contributed by atoms with Gasteiger partial charge in [-0.25, -0.2) is 24.2 Å². The first-order chi connectivity index (χ1) is 20.4. The Labute approximate surface area is 264 Å². The van der Waals surface area contributed by atoms with Crippen LogP contribution in [0, 0.1) is 29.1 Å². The average Bonchev–Trinajstić information content (AvgIpc) is 2.86. The summed E-state index contributed by atoms with van der Waals surface area (Å²) in [7, 11) is -3.07. The lowest BCUT2D eigenvalue weighted by Crippen LogP contribution is -2.57. The third-order valence-corrected chi connectivity index (χ3v) is 11.3. The average molecular weight is 638 g/mol. The van der Waals surface area contributed by atoms with Crippen molar-refractivity contribution in [3.05, 3.63) is 0 Å². The molecule has 11 nitrogen and oxygen atoms in total. The molecule has 2 N–H and O–H groups in total. The highest BCUT2D eigenvalue weighted by molar-refractivity contribution is 7.34. The lowest BCUT2D eigenvalue weighted by Gasteiger charge is -2.49. The van der Waals surface area contributed by atoms with E-state index in [9.17, 15) is 23.7 Å². The van der Waals surface area contributed by atoms with Gasteiger partial charge in [0.2, 0.25) is 12.2 Å². The number of rotatable bonds is 9. The Balaban J connectivity index is 2.02. The molecule has 44 heavy (non-hydrogen) atoms. The molecule has 2 rings (SSSR count). The Kier molecular flexibility index (Phi) is 13.3. The van der Waals surface area contributed by atoms with Gasteiger partial charge in [0.05, 0.1) is 11.6 Å². The summed E-state index contributed by atoms with van der Waals surface area (Å²) in [6.45, 7) is 18.3. The lowest BCUT2D eigenvalue weighted by atomic mass is 9.60. The number of hydrogen-bond donors (Lipinski definition) is 2. The normalized spacial score (nSPS) is 35.2. The summed E-state index contributed by atoms with van der Waals surface area (Å²) in [5.74, 6) is 1.02. The van der Waals surface area contributed by atoms with E-state index in [1.165, 1.54) is 0 Å². The summed E-state index contributed by atoms with van der Waals surface area (Å²) in [4.78, 5) is 55.6. The fourth-order valence-corrected chi connectivity index (χ4v) is 8.65. The molecule has 2 saturated carbocycles. The summed E-state index contributed by atoms with van der Waals surface area (Å²) >= 11 is 0. The van der Waals surface area contributed by atoms with Crippen LogP contribution in [-0.4, -0.2) is 47.0 Å². The van der Waals surface area contributed by atoms with E-state index in [1.54, 1.807) is 12.2 Å². The van der Waals surface area contributed by atoms with Gasteiger partial charge in [-0.3, -0.25) is 0 Å². The minimum absolute atomic E-state index is 0.157. The number of nitrogens with zero attached hydrogens (tertiary/aromatic N) is 2. The molecule has 0 saturated heterocycles. The van der Waals surface area contributed by atoms with Crippen molar-refractivity contribution < 1.29 is 32.8 Å². The number of carbonyl (C=O) groups excluding carboxylic acids is 4. The Hall–Kier alpha value is -2.60. The maximum absolute atomic E-state index is 13.0. The maximum Gasteiger partial charge on any atom is 0.815 e. The molecule has 2 aliphatic carbocycles. The molecule has 10 unspecified atom stereocenters. The van der Waals surface area contributed by atoms with Crippen LogP contribution >= 0.6 is 8.25 Å². The van der Waals surface area contributed by atoms with Crippen LogP contribution < -0.4 is 10.6 Å². The summed E-state index contributed by atoms with van der Waals surface area (Å²) in [6.07, 6.45) is 8.97. The first-order valence-electron chi connectivity index (χ1n) is 16.1. The fraction of sp³-hybridized carbons (Fsp3) is 0.875. The van der Waals surface area contributed by atoms with Crippen molar-refractivity contribution in [1.82, 2.24) is 10.6 Å². The molecule has 0 heterocycles. The molecule has 0 radical (unpaired) electrons. The summed E-state index contributed by atoms with van der Waals surface area (Å²) < 4.78 is 22.7. The van der Waals surface area contributed by atoms with Crippen molar-refractivity contribution in [2.45, 2.75) is 149 Å². The summed E-state index contributed by atoms with van der Waals surface area (Å²) in [5, 5.41) is 5.79. The van der Waals surface area contributed by atoms with Gasteiger partial charge >= 0.3 is 20.4 Å². The first-order valence-corrected chi connectivity index (χ1v) is 17.2. The highest BCUT2D eigenvalue weighted by atomic mass is 31.1. The number of nitrogens with one attached hydrogen (secondary N) is 2. The highest BCUT2D eigenvalue weighted by Gasteiger charge is 2.48. The van der Waals surface area contributed by atoms with Gasteiger partial charge in [0.1, 0.15) is 0 Å². The number of amides is 2. The molecule has 248 valence electrons. The van der Waals surface area contributed by atoms with Crippen LogP contribution in [0.4, 0.5) is 9.59 Å². The predicted molar refractivity (Wildman–Crippen MR) is 169 cm³/mol. The number of carbonyl (C=O) groups is 2. The number of hydrogen-bond acceptors (Lipinski definition) is 9. The molecule has 2 amide bonds. The molecule has 0 aromatic carbocycles. The second-order valence-corrected chi connectivity index (χ2v) is 15.6. The van der Waals surface area contributed by atoms with Crippen LogP contribution in [0.25, 0.3) is 0 Å². The minimum atomic E-state index is -3.07. The molecule has 2 fully saturated rings. The molecule has 10 atom stereocenters. The number of aliphatic imine (C=N–C) groups is 2. The summed E-state index contributed by atoms with van der Waals surface area (Å²) in [6, 6.07) is -0.177. The van der Waals surface area contributed by atoms with Crippen LogP contribution in [0.3, 0.4) is 0 Å². The van der Waals surface area contributed by atoms with Gasteiger partial charge < -0.3 is 10.6 Å². The Morgan fingerprint density at radius 2 is 1.66 bits per heavy atom. The van der Waals surface area contributed by atoms with Gasteiger partial charge in [-0.1, -0.05) is 41.0 Å². The SMILES string of the molecule is CCC(C)(NC(=O)O[P+](=O)OC(=O)NC1(C)CCC(C(C)N=C=O)C(C)CC(C)C1)C1(C)CCCC(C)(N=C=O)CC(C)C1. The second-order valence-electron chi connectivity index (χ2n) is 14.8. The van der Waals surface area contributed by atoms with Crippen molar-refractivity contribution >= 4 is 32.6 Å². The van der Waals surface area contributed by atoms with Crippen molar-refractivity contribution in [2.24, 2.45) is 39.1 Å². The van der Waals surface area contributed by atoms with Gasteiger partial charge in [-0.15, -0.1) is 0 Å². The Morgan fingerprint density at radius 1 is 1.00 bits per heavy atom. The van der Waals surface area contributed by atoms with E-state index < -0.39 is 37.1 Å². The van der Waals surface area contributed by atoms with E-state index in [2.05, 4.69) is 48.3 Å². The second kappa shape index (κ2) is 15.6. The first kappa shape index (κ1) is 37.6. The molecule has 0 aromatic heterocycles. The topological polar surface area (TPSA) is 153 Å². The van der Waals surface area contributed by atoms with Crippen molar-refractivity contribution in [3.63, 3.8) is 0 Å². The van der Waals surface area contributed by atoms with Crippen LogP contribution in [-0.2, 0) is 23.2 Å². The standard InChI is InChI=1S/C32H53N4O7P/c1-10-32(9,29(6)13-11-14-30(7,34-21-38)19-23(3)17-29)36-28(40)43-44(41)42-27(39)35-31(8)15-12-26(25(5)33-20-37)24(4)16-22(2)18-31/h22-26H,10-19H2,1-9H3,(H-,35,36,39,40)/p+1. The van der Waals surface area contributed by atoms with E-state index in [0.29, 0.717) is 25.2 Å². The van der Waals surface area contributed by atoms with Crippen molar-refractivity contribution in [1.29, 1.82) is 0 Å². The van der Waals surface area contributed by atoms with Crippen LogP contribution in [0.1, 0.15) is 127 Å². The summed E-state index contributed by atoms with van der Waals surface area (Å²) in [5.41, 5.74) is -2.10.